The molecule has 112 valence electrons. The maximum absolute atomic E-state index is 13.4. The lowest BCUT2D eigenvalue weighted by Gasteiger charge is -2.29. The van der Waals surface area contributed by atoms with Crippen molar-refractivity contribution in [1.29, 1.82) is 0 Å². The predicted octanol–water partition coefficient (Wildman–Crippen LogP) is 3.01. The molecule has 1 aromatic rings. The van der Waals surface area contributed by atoms with Crippen molar-refractivity contribution < 1.29 is 14.2 Å². The molecule has 0 spiro atoms. The van der Waals surface area contributed by atoms with E-state index in [0.717, 1.165) is 31.2 Å². The lowest BCUT2D eigenvalue weighted by atomic mass is 9.95. The second-order valence-corrected chi connectivity index (χ2v) is 5.80. The van der Waals surface area contributed by atoms with Crippen LogP contribution in [0.25, 0.3) is 0 Å². The molecule has 2 atom stereocenters. The van der Waals surface area contributed by atoms with Crippen molar-refractivity contribution in [3.63, 3.8) is 0 Å². The van der Waals surface area contributed by atoms with Gasteiger partial charge in [-0.15, -0.1) is 0 Å². The van der Waals surface area contributed by atoms with Gasteiger partial charge in [0, 0.05) is 18.2 Å². The first-order valence-corrected chi connectivity index (χ1v) is 7.43. The smallest absolute Gasteiger partial charge is 0.124 e. The molecule has 0 amide bonds. The molecule has 3 nitrogen and oxygen atoms in total. The van der Waals surface area contributed by atoms with Crippen LogP contribution in [-0.2, 0) is 6.54 Å². The van der Waals surface area contributed by atoms with Crippen LogP contribution in [0.3, 0.4) is 0 Å². The Hall–Kier alpha value is -1.13. The lowest BCUT2D eigenvalue weighted by Crippen LogP contribution is -2.35. The van der Waals surface area contributed by atoms with Crippen LogP contribution in [0.5, 0.6) is 5.75 Å². The predicted molar refractivity (Wildman–Crippen MR) is 77.3 cm³/mol. The number of benzene rings is 1. The van der Waals surface area contributed by atoms with Crippen LogP contribution in [0.2, 0.25) is 0 Å². The highest BCUT2D eigenvalue weighted by Crippen LogP contribution is 2.27. The molecule has 1 fully saturated rings. The fourth-order valence-electron chi connectivity index (χ4n) is 2.49. The number of nitrogens with one attached hydrogen (secondary N) is 1. The zero-order chi connectivity index (χ0) is 14.5. The highest BCUT2D eigenvalue weighted by atomic mass is 19.1. The van der Waals surface area contributed by atoms with Gasteiger partial charge in [0.15, 0.2) is 0 Å². The van der Waals surface area contributed by atoms with E-state index < -0.39 is 6.10 Å². The van der Waals surface area contributed by atoms with Gasteiger partial charge in [0.25, 0.3) is 0 Å². The van der Waals surface area contributed by atoms with Crippen molar-refractivity contribution in [2.45, 2.75) is 64.3 Å². The van der Waals surface area contributed by atoms with Crippen LogP contribution in [0, 0.1) is 5.82 Å². The molecule has 4 heteroatoms. The molecule has 1 aliphatic carbocycles. The van der Waals surface area contributed by atoms with Crippen LogP contribution < -0.4 is 10.1 Å². The second kappa shape index (κ2) is 7.04. The highest BCUT2D eigenvalue weighted by Gasteiger charge is 2.25. The first-order valence-electron chi connectivity index (χ1n) is 7.43. The number of hydrogen-bond acceptors (Lipinski definition) is 3. The topological polar surface area (TPSA) is 41.5 Å². The standard InChI is InChI=1S/C16H24FNO2/c1-11(2)18-10-12-9-13(17)7-8-15(12)20-16-6-4-3-5-14(16)19/h7-9,11,14,16,18-19H,3-6,10H2,1-2H3. The summed E-state index contributed by atoms with van der Waals surface area (Å²) in [5.74, 6) is 0.410. The number of aliphatic hydroxyl groups is 1. The molecule has 0 saturated heterocycles. The van der Waals surface area contributed by atoms with E-state index in [1.54, 1.807) is 6.07 Å². The molecule has 0 heterocycles. The van der Waals surface area contributed by atoms with Crippen LogP contribution >= 0.6 is 0 Å². The highest BCUT2D eigenvalue weighted by molar-refractivity contribution is 5.34. The van der Waals surface area contributed by atoms with Crippen molar-refractivity contribution in [2.24, 2.45) is 0 Å². The van der Waals surface area contributed by atoms with Gasteiger partial charge in [0.05, 0.1) is 6.10 Å². The molecule has 2 rings (SSSR count). The summed E-state index contributed by atoms with van der Waals surface area (Å²) in [7, 11) is 0. The fourth-order valence-corrected chi connectivity index (χ4v) is 2.49. The van der Waals surface area contributed by atoms with Crippen molar-refractivity contribution in [2.75, 3.05) is 0 Å². The SMILES string of the molecule is CC(C)NCc1cc(F)ccc1OC1CCCCC1O. The van der Waals surface area contributed by atoms with E-state index in [4.69, 9.17) is 4.74 Å². The van der Waals surface area contributed by atoms with Gasteiger partial charge in [-0.2, -0.15) is 0 Å². The maximum atomic E-state index is 13.4. The zero-order valence-electron chi connectivity index (χ0n) is 12.2. The molecule has 20 heavy (non-hydrogen) atoms. The van der Waals surface area contributed by atoms with E-state index in [1.807, 2.05) is 13.8 Å². The van der Waals surface area contributed by atoms with Crippen molar-refractivity contribution in [1.82, 2.24) is 5.32 Å². The van der Waals surface area contributed by atoms with Crippen molar-refractivity contribution in [3.8, 4) is 5.75 Å². The number of halogens is 1. The molecular weight excluding hydrogens is 257 g/mol. The van der Waals surface area contributed by atoms with Gasteiger partial charge in [-0.3, -0.25) is 0 Å². The minimum absolute atomic E-state index is 0.174. The summed E-state index contributed by atoms with van der Waals surface area (Å²) < 4.78 is 19.3. The van der Waals surface area contributed by atoms with E-state index in [-0.39, 0.29) is 11.9 Å². The van der Waals surface area contributed by atoms with Gasteiger partial charge < -0.3 is 15.2 Å². The van der Waals surface area contributed by atoms with E-state index in [2.05, 4.69) is 5.32 Å². The quantitative estimate of drug-likeness (QED) is 0.871. The Morgan fingerprint density at radius 3 is 2.80 bits per heavy atom. The number of aliphatic hydroxyl groups excluding tert-OH is 1. The molecule has 0 bridgehead atoms. The minimum Gasteiger partial charge on any atom is -0.487 e. The molecule has 1 aromatic carbocycles. The van der Waals surface area contributed by atoms with E-state index in [1.165, 1.54) is 12.1 Å². The lowest BCUT2D eigenvalue weighted by molar-refractivity contribution is 0.00631. The number of rotatable bonds is 5. The summed E-state index contributed by atoms with van der Waals surface area (Å²) in [6.07, 6.45) is 3.17. The van der Waals surface area contributed by atoms with Gasteiger partial charge in [-0.25, -0.2) is 4.39 Å². The molecule has 1 aliphatic rings. The third-order valence-electron chi connectivity index (χ3n) is 3.67. The third-order valence-corrected chi connectivity index (χ3v) is 3.67. The largest absolute Gasteiger partial charge is 0.487 e. The van der Waals surface area contributed by atoms with E-state index >= 15 is 0 Å². The average molecular weight is 281 g/mol. The summed E-state index contributed by atoms with van der Waals surface area (Å²) in [6.45, 7) is 4.66. The fraction of sp³-hybridized carbons (Fsp3) is 0.625. The zero-order valence-corrected chi connectivity index (χ0v) is 12.2. The van der Waals surface area contributed by atoms with Crippen LogP contribution in [-0.4, -0.2) is 23.4 Å². The molecule has 0 radical (unpaired) electrons. The first-order chi connectivity index (χ1) is 9.56. The minimum atomic E-state index is -0.417. The van der Waals surface area contributed by atoms with Crippen LogP contribution in [0.1, 0.15) is 45.1 Å². The van der Waals surface area contributed by atoms with Gasteiger partial charge in [-0.1, -0.05) is 20.3 Å². The van der Waals surface area contributed by atoms with Gasteiger partial charge in [-0.05, 0) is 37.5 Å². The summed E-state index contributed by atoms with van der Waals surface area (Å²) >= 11 is 0. The van der Waals surface area contributed by atoms with E-state index in [0.29, 0.717) is 18.3 Å². The summed E-state index contributed by atoms with van der Waals surface area (Å²) in [5.41, 5.74) is 0.802. The maximum Gasteiger partial charge on any atom is 0.124 e. The first kappa shape index (κ1) is 15.3. The van der Waals surface area contributed by atoms with Crippen LogP contribution in [0.4, 0.5) is 4.39 Å². The van der Waals surface area contributed by atoms with Gasteiger partial charge in [0.2, 0.25) is 0 Å². The Labute approximate surface area is 120 Å². The number of hydrogen-bond donors (Lipinski definition) is 2. The Morgan fingerprint density at radius 2 is 2.10 bits per heavy atom. The van der Waals surface area contributed by atoms with Crippen LogP contribution in [0.15, 0.2) is 18.2 Å². The third kappa shape index (κ3) is 4.18. The van der Waals surface area contributed by atoms with Crippen molar-refractivity contribution >= 4 is 0 Å². The summed E-state index contributed by atoms with van der Waals surface area (Å²) in [4.78, 5) is 0. The number of ether oxygens (including phenoxy) is 1. The molecular formula is C16H24FNO2. The monoisotopic (exact) mass is 281 g/mol. The Balaban J connectivity index is 2.09. The summed E-state index contributed by atoms with van der Waals surface area (Å²) in [6, 6.07) is 4.89. The summed E-state index contributed by atoms with van der Waals surface area (Å²) in [5, 5.41) is 13.2. The second-order valence-electron chi connectivity index (χ2n) is 5.80. The van der Waals surface area contributed by atoms with Gasteiger partial charge >= 0.3 is 0 Å². The molecule has 0 aliphatic heterocycles. The Morgan fingerprint density at radius 1 is 1.35 bits per heavy atom. The average Bonchev–Trinajstić information content (AvgIpc) is 2.41. The Kier molecular flexibility index (Phi) is 5.38. The molecule has 2 unspecified atom stereocenters. The Bertz CT molecular complexity index is 436. The molecule has 0 aromatic heterocycles. The normalized spacial score (nSPS) is 23.1. The van der Waals surface area contributed by atoms with Crippen molar-refractivity contribution in [3.05, 3.63) is 29.6 Å². The van der Waals surface area contributed by atoms with Gasteiger partial charge in [0.1, 0.15) is 17.7 Å². The molecule has 1 saturated carbocycles. The molecule has 2 N–H and O–H groups in total. The van der Waals surface area contributed by atoms with E-state index in [9.17, 15) is 9.50 Å².